The molecule has 0 aliphatic heterocycles. The van der Waals surface area contributed by atoms with Gasteiger partial charge in [0.1, 0.15) is 6.26 Å². The fraction of sp³-hybridized carbons (Fsp3) is 0.429. The zero-order chi connectivity index (χ0) is 9.40. The molecule has 5 heteroatoms. The third-order valence-corrected chi connectivity index (χ3v) is 1.10. The van der Waals surface area contributed by atoms with Gasteiger partial charge < -0.3 is 9.94 Å². The third kappa shape index (κ3) is 5.28. The zero-order valence-corrected chi connectivity index (χ0v) is 6.60. The van der Waals surface area contributed by atoms with Crippen LogP contribution in [0.25, 0.3) is 0 Å². The highest BCUT2D eigenvalue weighted by molar-refractivity contribution is 5.66. The molecule has 0 aliphatic carbocycles. The first-order valence-corrected chi connectivity index (χ1v) is 3.42. The van der Waals surface area contributed by atoms with Gasteiger partial charge in [-0.3, -0.25) is 9.59 Å². The van der Waals surface area contributed by atoms with Crippen molar-refractivity contribution in [3.63, 3.8) is 0 Å². The quantitative estimate of drug-likeness (QED) is 0.343. The summed E-state index contributed by atoms with van der Waals surface area (Å²) in [4.78, 5) is 24.8. The summed E-state index contributed by atoms with van der Waals surface area (Å²) in [7, 11) is 0. The van der Waals surface area contributed by atoms with Crippen molar-refractivity contribution in [1.29, 1.82) is 0 Å². The molecule has 1 N–H and O–H groups in total. The van der Waals surface area contributed by atoms with Gasteiger partial charge in [-0.2, -0.15) is 5.06 Å². The summed E-state index contributed by atoms with van der Waals surface area (Å²) < 4.78 is 0. The van der Waals surface area contributed by atoms with E-state index in [1.165, 1.54) is 0 Å². The van der Waals surface area contributed by atoms with Crippen LogP contribution in [0.15, 0.2) is 12.8 Å². The van der Waals surface area contributed by atoms with Crippen LogP contribution in [0.1, 0.15) is 12.8 Å². The number of carboxylic acids is 1. The predicted molar refractivity (Wildman–Crippen MR) is 40.9 cm³/mol. The minimum atomic E-state index is -0.889. The molecule has 0 atom stereocenters. The first-order chi connectivity index (χ1) is 5.70. The standard InChI is InChI=1S/C7H11NO4/c1-2-12-8(6-9)5-3-4-7(10)11/h2,6H,1,3-5H2,(H,10,11). The van der Waals surface area contributed by atoms with Crippen molar-refractivity contribution in [3.05, 3.63) is 12.8 Å². The second kappa shape index (κ2) is 6.21. The van der Waals surface area contributed by atoms with Crippen LogP contribution >= 0.6 is 0 Å². The maximum absolute atomic E-state index is 10.2. The number of carbonyl (C=O) groups excluding carboxylic acids is 1. The summed E-state index contributed by atoms with van der Waals surface area (Å²) in [5.41, 5.74) is 0. The van der Waals surface area contributed by atoms with Gasteiger partial charge in [0.2, 0.25) is 6.41 Å². The van der Waals surface area contributed by atoms with Crippen molar-refractivity contribution in [1.82, 2.24) is 5.06 Å². The normalized spacial score (nSPS) is 8.67. The smallest absolute Gasteiger partial charge is 0.303 e. The van der Waals surface area contributed by atoms with Crippen molar-refractivity contribution in [2.45, 2.75) is 12.8 Å². The van der Waals surface area contributed by atoms with E-state index in [0.717, 1.165) is 11.3 Å². The minimum absolute atomic E-state index is 0.0187. The molecular formula is C7H11NO4. The minimum Gasteiger partial charge on any atom is -0.481 e. The summed E-state index contributed by atoms with van der Waals surface area (Å²) >= 11 is 0. The molecule has 0 radical (unpaired) electrons. The third-order valence-electron chi connectivity index (χ3n) is 1.10. The van der Waals surface area contributed by atoms with Gasteiger partial charge in [0.05, 0.1) is 6.54 Å². The Morgan fingerprint density at radius 2 is 2.33 bits per heavy atom. The number of rotatable bonds is 7. The maximum atomic E-state index is 10.2. The molecule has 0 aromatic heterocycles. The maximum Gasteiger partial charge on any atom is 0.303 e. The summed E-state index contributed by atoms with van der Waals surface area (Å²) in [5, 5.41) is 9.24. The molecule has 1 amide bonds. The summed E-state index contributed by atoms with van der Waals surface area (Å²) in [6.45, 7) is 3.50. The molecule has 0 bridgehead atoms. The van der Waals surface area contributed by atoms with Crippen molar-refractivity contribution < 1.29 is 19.5 Å². The second-order valence-electron chi connectivity index (χ2n) is 2.02. The number of aliphatic carboxylic acids is 1. The molecule has 0 rings (SSSR count). The number of carboxylic acid groups (broad SMARTS) is 1. The van der Waals surface area contributed by atoms with Crippen LogP contribution in [0.2, 0.25) is 0 Å². The number of hydrogen-bond acceptors (Lipinski definition) is 3. The highest BCUT2D eigenvalue weighted by Gasteiger charge is 2.02. The molecule has 0 fully saturated rings. The molecule has 12 heavy (non-hydrogen) atoms. The molecule has 5 nitrogen and oxygen atoms in total. The zero-order valence-electron chi connectivity index (χ0n) is 6.60. The average molecular weight is 173 g/mol. The van der Waals surface area contributed by atoms with Crippen molar-refractivity contribution >= 4 is 12.4 Å². The van der Waals surface area contributed by atoms with Gasteiger partial charge in [0.25, 0.3) is 0 Å². The lowest BCUT2D eigenvalue weighted by molar-refractivity contribution is -0.153. The molecule has 68 valence electrons. The summed E-state index contributed by atoms with van der Waals surface area (Å²) in [5.74, 6) is -0.889. The number of nitrogens with zero attached hydrogens (tertiary/aromatic N) is 1. The van der Waals surface area contributed by atoms with E-state index < -0.39 is 5.97 Å². The molecular weight excluding hydrogens is 162 g/mol. The Labute approximate surface area is 70.2 Å². The number of carbonyl (C=O) groups is 2. The van der Waals surface area contributed by atoms with Gasteiger partial charge in [0.15, 0.2) is 0 Å². The van der Waals surface area contributed by atoms with E-state index in [4.69, 9.17) is 5.11 Å². The number of amides is 1. The molecule has 0 aromatic rings. The summed E-state index contributed by atoms with van der Waals surface area (Å²) in [6.07, 6.45) is 1.96. The van der Waals surface area contributed by atoms with Crippen LogP contribution in [0, 0.1) is 0 Å². The lowest BCUT2D eigenvalue weighted by Gasteiger charge is -2.13. The molecule has 0 heterocycles. The van der Waals surface area contributed by atoms with Crippen molar-refractivity contribution in [2.75, 3.05) is 6.54 Å². The van der Waals surface area contributed by atoms with Gasteiger partial charge in [-0.05, 0) is 6.42 Å². The van der Waals surface area contributed by atoms with Crippen LogP contribution in [0.5, 0.6) is 0 Å². The first kappa shape index (κ1) is 10.5. The largest absolute Gasteiger partial charge is 0.481 e. The van der Waals surface area contributed by atoms with Crippen LogP contribution in [-0.4, -0.2) is 29.1 Å². The summed E-state index contributed by atoms with van der Waals surface area (Å²) in [6, 6.07) is 0. The molecule has 0 aromatic carbocycles. The lowest BCUT2D eigenvalue weighted by Crippen LogP contribution is -2.21. The Morgan fingerprint density at radius 3 is 2.75 bits per heavy atom. The Bertz CT molecular complexity index is 169. The molecule has 0 aliphatic rings. The Balaban J connectivity index is 3.50. The van der Waals surface area contributed by atoms with E-state index >= 15 is 0 Å². The van der Waals surface area contributed by atoms with Gasteiger partial charge in [-0.25, -0.2) is 0 Å². The van der Waals surface area contributed by atoms with E-state index in [9.17, 15) is 9.59 Å². The van der Waals surface area contributed by atoms with Crippen LogP contribution < -0.4 is 0 Å². The Hall–Kier alpha value is -1.52. The van der Waals surface area contributed by atoms with Gasteiger partial charge in [0, 0.05) is 6.42 Å². The Morgan fingerprint density at radius 1 is 1.67 bits per heavy atom. The van der Waals surface area contributed by atoms with Gasteiger partial charge in [-0.15, -0.1) is 0 Å². The highest BCUT2D eigenvalue weighted by atomic mass is 16.7. The molecule has 0 spiro atoms. The monoisotopic (exact) mass is 173 g/mol. The van der Waals surface area contributed by atoms with E-state index in [-0.39, 0.29) is 13.0 Å². The number of hydrogen-bond donors (Lipinski definition) is 1. The average Bonchev–Trinajstić information content (AvgIpc) is 2.02. The van der Waals surface area contributed by atoms with Crippen LogP contribution in [-0.2, 0) is 14.4 Å². The van der Waals surface area contributed by atoms with Crippen LogP contribution in [0.4, 0.5) is 0 Å². The van der Waals surface area contributed by atoms with Crippen molar-refractivity contribution in [3.8, 4) is 0 Å². The molecule has 0 unspecified atom stereocenters. The highest BCUT2D eigenvalue weighted by Crippen LogP contribution is 1.93. The van der Waals surface area contributed by atoms with E-state index in [2.05, 4.69) is 11.4 Å². The topological polar surface area (TPSA) is 66.8 Å². The van der Waals surface area contributed by atoms with Gasteiger partial charge >= 0.3 is 5.97 Å². The van der Waals surface area contributed by atoms with E-state index in [1.54, 1.807) is 0 Å². The fourth-order valence-electron chi connectivity index (χ4n) is 0.612. The number of hydroxylamine groups is 2. The SMILES string of the molecule is C=CON(C=O)CCCC(=O)O. The molecule has 0 saturated heterocycles. The van der Waals surface area contributed by atoms with E-state index in [1.807, 2.05) is 0 Å². The lowest BCUT2D eigenvalue weighted by atomic mass is 10.3. The van der Waals surface area contributed by atoms with Gasteiger partial charge in [-0.1, -0.05) is 6.58 Å². The van der Waals surface area contributed by atoms with E-state index in [0.29, 0.717) is 12.8 Å². The predicted octanol–water partition coefficient (Wildman–Crippen LogP) is 0.385. The fourth-order valence-corrected chi connectivity index (χ4v) is 0.612. The molecule has 0 saturated carbocycles. The first-order valence-electron chi connectivity index (χ1n) is 3.42. The van der Waals surface area contributed by atoms with Crippen LogP contribution in [0.3, 0.4) is 0 Å². The van der Waals surface area contributed by atoms with Crippen molar-refractivity contribution in [2.24, 2.45) is 0 Å². The Kier molecular flexibility index (Phi) is 5.42. The second-order valence-corrected chi connectivity index (χ2v) is 2.02.